The fourth-order valence-electron chi connectivity index (χ4n) is 5.22. The maximum absolute atomic E-state index is 13.4. The van der Waals surface area contributed by atoms with Crippen molar-refractivity contribution < 1.29 is 9.90 Å². The van der Waals surface area contributed by atoms with Crippen LogP contribution >= 0.6 is 0 Å². The highest BCUT2D eigenvalue weighted by molar-refractivity contribution is 6.01. The van der Waals surface area contributed by atoms with E-state index in [4.69, 9.17) is 11.4 Å². The first-order valence-electron chi connectivity index (χ1n) is 11.9. The average molecular weight is 464 g/mol. The first-order valence-corrected chi connectivity index (χ1v) is 11.9. The van der Waals surface area contributed by atoms with Crippen molar-refractivity contribution in [1.82, 2.24) is 24.4 Å². The second-order valence-corrected chi connectivity index (χ2v) is 9.38. The molecule has 35 heavy (non-hydrogen) atoms. The molecule has 4 aromatic rings. The summed E-state index contributed by atoms with van der Waals surface area (Å²) in [4.78, 5) is 29.0. The van der Waals surface area contributed by atoms with E-state index in [9.17, 15) is 9.90 Å². The van der Waals surface area contributed by atoms with Gasteiger partial charge in [0, 0.05) is 30.6 Å². The molecule has 6 rings (SSSR count). The number of imidazole rings is 1. The predicted octanol–water partition coefficient (Wildman–Crippen LogP) is 4.37. The number of aromatic nitrogens is 4. The Balaban J connectivity index is 1.57. The van der Waals surface area contributed by atoms with Crippen LogP contribution in [0, 0.1) is 12.3 Å². The minimum Gasteiger partial charge on any atom is -0.382 e. The van der Waals surface area contributed by atoms with Crippen molar-refractivity contribution >= 4 is 16.9 Å². The van der Waals surface area contributed by atoms with E-state index in [1.165, 1.54) is 0 Å². The Hall–Kier alpha value is -4.02. The van der Waals surface area contributed by atoms with Crippen LogP contribution < -0.4 is 0 Å². The van der Waals surface area contributed by atoms with Crippen LogP contribution in [0.2, 0.25) is 0 Å². The largest absolute Gasteiger partial charge is 0.382 e. The van der Waals surface area contributed by atoms with Gasteiger partial charge in [0.2, 0.25) is 0 Å². The number of hydrogen-bond acceptors (Lipinski definition) is 5. The summed E-state index contributed by atoms with van der Waals surface area (Å²) in [5.74, 6) is 3.95. The Labute approximate surface area is 203 Å². The van der Waals surface area contributed by atoms with Gasteiger partial charge in [-0.1, -0.05) is 25.0 Å². The van der Waals surface area contributed by atoms with Gasteiger partial charge in [-0.3, -0.25) is 9.36 Å². The molecule has 1 amide bonds. The summed E-state index contributed by atoms with van der Waals surface area (Å²) in [5.41, 5.74) is 4.45. The number of amides is 1. The third-order valence-corrected chi connectivity index (χ3v) is 7.38. The summed E-state index contributed by atoms with van der Waals surface area (Å²) < 4.78 is 2.05. The Morgan fingerprint density at radius 3 is 2.60 bits per heavy atom. The number of fused-ring (bicyclic) bond motifs is 5. The van der Waals surface area contributed by atoms with E-state index < -0.39 is 5.60 Å². The molecule has 1 fully saturated rings. The van der Waals surface area contributed by atoms with Gasteiger partial charge in [-0.05, 0) is 55.5 Å². The molecule has 1 N–H and O–H groups in total. The van der Waals surface area contributed by atoms with Crippen molar-refractivity contribution in [1.29, 1.82) is 0 Å². The third kappa shape index (κ3) is 3.10. The summed E-state index contributed by atoms with van der Waals surface area (Å²) >= 11 is 0. The highest BCUT2D eigenvalue weighted by Gasteiger charge is 2.39. The SMILES string of the molecule is C#Cc1cccc2c1-n1c(nc3ccc(-c4cnc(C5(O)CCC5)nc4)cc31)C(CC)N(C)C2=O. The average Bonchev–Trinajstić information content (AvgIpc) is 3.20. The maximum atomic E-state index is 13.4. The Morgan fingerprint density at radius 2 is 1.94 bits per heavy atom. The smallest absolute Gasteiger partial charge is 0.256 e. The zero-order valence-electron chi connectivity index (χ0n) is 19.7. The van der Waals surface area contributed by atoms with Gasteiger partial charge in [0.25, 0.3) is 5.91 Å². The van der Waals surface area contributed by atoms with E-state index in [1.54, 1.807) is 17.3 Å². The number of carbonyl (C=O) groups is 1. The van der Waals surface area contributed by atoms with E-state index >= 15 is 0 Å². The molecular weight excluding hydrogens is 438 g/mol. The van der Waals surface area contributed by atoms with E-state index in [2.05, 4.69) is 22.8 Å². The van der Waals surface area contributed by atoms with Crippen molar-refractivity contribution in [3.63, 3.8) is 0 Å². The Morgan fingerprint density at radius 1 is 1.17 bits per heavy atom. The summed E-state index contributed by atoms with van der Waals surface area (Å²) in [6.07, 6.45) is 12.5. The van der Waals surface area contributed by atoms with Crippen LogP contribution in [0.1, 0.15) is 66.2 Å². The summed E-state index contributed by atoms with van der Waals surface area (Å²) in [7, 11) is 1.82. The fourth-order valence-corrected chi connectivity index (χ4v) is 5.22. The van der Waals surface area contributed by atoms with Crippen LogP contribution in [-0.4, -0.2) is 42.5 Å². The number of terminal acetylenes is 1. The van der Waals surface area contributed by atoms with Gasteiger partial charge >= 0.3 is 0 Å². The van der Waals surface area contributed by atoms with Crippen LogP contribution in [0.4, 0.5) is 0 Å². The number of para-hydroxylation sites is 1. The molecule has 174 valence electrons. The van der Waals surface area contributed by atoms with Crippen LogP contribution in [0.25, 0.3) is 27.8 Å². The number of hydrogen-bond donors (Lipinski definition) is 1. The monoisotopic (exact) mass is 463 g/mol. The van der Waals surface area contributed by atoms with Gasteiger partial charge in [0.15, 0.2) is 5.82 Å². The molecule has 1 saturated carbocycles. The molecule has 0 spiro atoms. The molecule has 0 saturated heterocycles. The Bertz CT molecular complexity index is 1530. The standard InChI is InChI=1S/C28H25N5O2/c1-4-17-8-6-9-20-24(17)33-23-14-18(19-15-29-27(30-16-19)28(35)12-7-13-28)10-11-21(23)31-25(33)22(5-2)32(3)26(20)34/h1,6,8-11,14-16,22,35H,5,7,12-13H2,2-3H3. The van der Waals surface area contributed by atoms with E-state index in [0.717, 1.165) is 40.8 Å². The van der Waals surface area contributed by atoms with E-state index in [-0.39, 0.29) is 11.9 Å². The molecule has 2 aromatic heterocycles. The lowest BCUT2D eigenvalue weighted by Crippen LogP contribution is -2.35. The summed E-state index contributed by atoms with van der Waals surface area (Å²) in [6.45, 7) is 2.05. The number of rotatable bonds is 3. The van der Waals surface area contributed by atoms with Gasteiger partial charge in [0.05, 0.1) is 28.3 Å². The predicted molar refractivity (Wildman–Crippen MR) is 133 cm³/mol. The second kappa shape index (κ2) is 7.76. The lowest BCUT2D eigenvalue weighted by molar-refractivity contribution is -0.0467. The highest BCUT2D eigenvalue weighted by atomic mass is 16.3. The molecule has 1 atom stereocenters. The lowest BCUT2D eigenvalue weighted by atomic mass is 9.79. The van der Waals surface area contributed by atoms with Crippen LogP contribution in [-0.2, 0) is 5.60 Å². The maximum Gasteiger partial charge on any atom is 0.256 e. The van der Waals surface area contributed by atoms with Crippen molar-refractivity contribution in [2.45, 2.75) is 44.2 Å². The molecule has 7 heteroatoms. The van der Waals surface area contributed by atoms with Gasteiger partial charge < -0.3 is 10.0 Å². The number of aliphatic hydroxyl groups is 1. The molecule has 1 unspecified atom stereocenters. The van der Waals surface area contributed by atoms with Gasteiger partial charge in [0.1, 0.15) is 11.4 Å². The number of carbonyl (C=O) groups excluding carboxylic acids is 1. The molecule has 0 radical (unpaired) electrons. The van der Waals surface area contributed by atoms with Crippen molar-refractivity contribution in [2.75, 3.05) is 7.05 Å². The Kier molecular flexibility index (Phi) is 4.77. The summed E-state index contributed by atoms with van der Waals surface area (Å²) in [6, 6.07) is 11.3. The van der Waals surface area contributed by atoms with Gasteiger partial charge in [-0.25, -0.2) is 15.0 Å². The first kappa shape index (κ1) is 21.5. The lowest BCUT2D eigenvalue weighted by Gasteiger charge is -2.34. The molecule has 2 aromatic carbocycles. The zero-order valence-corrected chi connectivity index (χ0v) is 19.7. The molecule has 1 aliphatic heterocycles. The van der Waals surface area contributed by atoms with Crippen LogP contribution in [0.15, 0.2) is 48.8 Å². The van der Waals surface area contributed by atoms with E-state index in [1.807, 2.05) is 48.0 Å². The molecule has 1 aliphatic carbocycles. The van der Waals surface area contributed by atoms with Crippen LogP contribution in [0.3, 0.4) is 0 Å². The van der Waals surface area contributed by atoms with Gasteiger partial charge in [-0.2, -0.15) is 0 Å². The third-order valence-electron chi connectivity index (χ3n) is 7.38. The zero-order chi connectivity index (χ0) is 24.3. The molecule has 7 nitrogen and oxygen atoms in total. The summed E-state index contributed by atoms with van der Waals surface area (Å²) in [5, 5.41) is 10.6. The number of benzene rings is 2. The fraction of sp³-hybridized carbons (Fsp3) is 0.286. The highest BCUT2D eigenvalue weighted by Crippen LogP contribution is 2.40. The second-order valence-electron chi connectivity index (χ2n) is 9.38. The molecular formula is C28H25N5O2. The van der Waals surface area contributed by atoms with Gasteiger partial charge in [-0.15, -0.1) is 6.42 Å². The van der Waals surface area contributed by atoms with Crippen LogP contribution in [0.5, 0.6) is 0 Å². The normalized spacial score (nSPS) is 18.4. The molecule has 3 heterocycles. The van der Waals surface area contributed by atoms with Crippen molar-refractivity contribution in [2.24, 2.45) is 0 Å². The van der Waals surface area contributed by atoms with E-state index in [0.29, 0.717) is 35.5 Å². The minimum absolute atomic E-state index is 0.0725. The molecule has 0 bridgehead atoms. The number of nitrogens with zero attached hydrogens (tertiary/aromatic N) is 5. The van der Waals surface area contributed by atoms with Crippen molar-refractivity contribution in [3.8, 4) is 29.2 Å². The first-order chi connectivity index (χ1) is 16.9. The topological polar surface area (TPSA) is 84.1 Å². The minimum atomic E-state index is -0.895. The quantitative estimate of drug-likeness (QED) is 0.456. The molecule has 2 aliphatic rings. The van der Waals surface area contributed by atoms with Crippen molar-refractivity contribution in [3.05, 3.63) is 71.6 Å².